The molecule has 0 aliphatic rings. The van der Waals surface area contributed by atoms with E-state index in [1.807, 2.05) is 13.0 Å². The van der Waals surface area contributed by atoms with Crippen LogP contribution < -0.4 is 11.3 Å². The maximum Gasteiger partial charge on any atom is 0.250 e. The van der Waals surface area contributed by atoms with Crippen molar-refractivity contribution in [1.29, 1.82) is 0 Å². The predicted octanol–water partition coefficient (Wildman–Crippen LogP) is 1.53. The summed E-state index contributed by atoms with van der Waals surface area (Å²) in [5, 5.41) is 0. The molecular weight excluding hydrogens is 188 g/mol. The molecule has 1 aromatic rings. The topological polar surface area (TPSA) is 48.0 Å². The number of aryl methyl sites for hydroxylation is 1. The minimum atomic E-state index is 0.0721. The third-order valence-corrected chi connectivity index (χ3v) is 2.83. The molecular formula is C12H20N2O. The zero-order chi connectivity index (χ0) is 11.5. The van der Waals surface area contributed by atoms with E-state index < -0.39 is 0 Å². The van der Waals surface area contributed by atoms with E-state index in [0.717, 1.165) is 18.7 Å². The van der Waals surface area contributed by atoms with Crippen molar-refractivity contribution in [2.75, 3.05) is 6.54 Å². The predicted molar refractivity (Wildman–Crippen MR) is 62.9 cm³/mol. The molecule has 0 saturated carbocycles. The zero-order valence-electron chi connectivity index (χ0n) is 9.79. The van der Waals surface area contributed by atoms with Crippen LogP contribution in [0.25, 0.3) is 0 Å². The van der Waals surface area contributed by atoms with Gasteiger partial charge in [0.2, 0.25) is 0 Å². The van der Waals surface area contributed by atoms with Gasteiger partial charge in [-0.15, -0.1) is 0 Å². The Labute approximate surface area is 90.9 Å². The molecule has 2 N–H and O–H groups in total. The van der Waals surface area contributed by atoms with Crippen LogP contribution in [-0.2, 0) is 6.54 Å². The molecule has 1 rings (SSSR count). The number of pyridine rings is 1. The van der Waals surface area contributed by atoms with Crippen LogP contribution in [0.5, 0.6) is 0 Å². The molecule has 3 heteroatoms. The fraction of sp³-hybridized carbons (Fsp3) is 0.583. The SMILES string of the molecule is Cc1cccc(=O)n1CCC(C)(C)CN. The van der Waals surface area contributed by atoms with E-state index in [2.05, 4.69) is 13.8 Å². The molecule has 15 heavy (non-hydrogen) atoms. The molecule has 3 nitrogen and oxygen atoms in total. The molecule has 84 valence electrons. The molecule has 1 heterocycles. The molecule has 0 atom stereocenters. The highest BCUT2D eigenvalue weighted by Gasteiger charge is 2.15. The van der Waals surface area contributed by atoms with Gasteiger partial charge in [-0.2, -0.15) is 0 Å². The number of nitrogens with two attached hydrogens (primary N) is 1. The molecule has 0 spiro atoms. The Balaban J connectivity index is 2.78. The number of rotatable bonds is 4. The summed E-state index contributed by atoms with van der Waals surface area (Å²) in [5.41, 5.74) is 6.84. The van der Waals surface area contributed by atoms with Gasteiger partial charge in [0, 0.05) is 18.3 Å². The van der Waals surface area contributed by atoms with E-state index in [1.165, 1.54) is 0 Å². The van der Waals surface area contributed by atoms with Crippen LogP contribution in [0.3, 0.4) is 0 Å². The Morgan fingerprint density at radius 2 is 2.07 bits per heavy atom. The quantitative estimate of drug-likeness (QED) is 0.815. The average molecular weight is 208 g/mol. The van der Waals surface area contributed by atoms with E-state index in [4.69, 9.17) is 5.73 Å². The lowest BCUT2D eigenvalue weighted by Crippen LogP contribution is -2.28. The van der Waals surface area contributed by atoms with Crippen molar-refractivity contribution in [1.82, 2.24) is 4.57 Å². The van der Waals surface area contributed by atoms with Crippen LogP contribution in [-0.4, -0.2) is 11.1 Å². The molecule has 0 unspecified atom stereocenters. The van der Waals surface area contributed by atoms with Crippen LogP contribution in [0.1, 0.15) is 26.0 Å². The fourth-order valence-corrected chi connectivity index (χ4v) is 1.43. The standard InChI is InChI=1S/C12H20N2O/c1-10-5-4-6-11(15)14(10)8-7-12(2,3)9-13/h4-6H,7-9,13H2,1-3H3. The van der Waals surface area contributed by atoms with Crippen LogP contribution in [0.15, 0.2) is 23.0 Å². The maximum absolute atomic E-state index is 11.6. The van der Waals surface area contributed by atoms with E-state index in [9.17, 15) is 4.79 Å². The minimum absolute atomic E-state index is 0.0721. The summed E-state index contributed by atoms with van der Waals surface area (Å²) < 4.78 is 1.80. The molecule has 0 amide bonds. The lowest BCUT2D eigenvalue weighted by molar-refractivity contribution is 0.321. The minimum Gasteiger partial charge on any atom is -0.330 e. The highest BCUT2D eigenvalue weighted by atomic mass is 16.1. The Morgan fingerprint density at radius 3 is 2.60 bits per heavy atom. The van der Waals surface area contributed by atoms with Gasteiger partial charge in [0.15, 0.2) is 0 Å². The number of hydrogen-bond donors (Lipinski definition) is 1. The van der Waals surface area contributed by atoms with Gasteiger partial charge >= 0.3 is 0 Å². The summed E-state index contributed by atoms with van der Waals surface area (Å²) in [5.74, 6) is 0. The average Bonchev–Trinajstić information content (AvgIpc) is 2.17. The summed E-state index contributed by atoms with van der Waals surface area (Å²) in [6.45, 7) is 7.59. The van der Waals surface area contributed by atoms with Crippen LogP contribution in [0, 0.1) is 12.3 Å². The normalized spacial score (nSPS) is 11.7. The number of hydrogen-bond acceptors (Lipinski definition) is 2. The molecule has 0 bridgehead atoms. The van der Waals surface area contributed by atoms with Gasteiger partial charge in [-0.25, -0.2) is 0 Å². The van der Waals surface area contributed by atoms with E-state index in [1.54, 1.807) is 16.7 Å². The first kappa shape index (κ1) is 12.0. The molecule has 1 aromatic heterocycles. The smallest absolute Gasteiger partial charge is 0.250 e. The number of aromatic nitrogens is 1. The van der Waals surface area contributed by atoms with E-state index in [-0.39, 0.29) is 11.0 Å². The van der Waals surface area contributed by atoms with Gasteiger partial charge < -0.3 is 10.3 Å². The van der Waals surface area contributed by atoms with E-state index >= 15 is 0 Å². The highest BCUT2D eigenvalue weighted by molar-refractivity contribution is 5.04. The summed E-state index contributed by atoms with van der Waals surface area (Å²) >= 11 is 0. The van der Waals surface area contributed by atoms with Crippen molar-refractivity contribution in [3.63, 3.8) is 0 Å². The zero-order valence-corrected chi connectivity index (χ0v) is 9.79. The lowest BCUT2D eigenvalue weighted by Gasteiger charge is -2.23. The molecule has 0 aliphatic heterocycles. The van der Waals surface area contributed by atoms with Crippen molar-refractivity contribution in [3.8, 4) is 0 Å². The second-order valence-electron chi connectivity index (χ2n) is 4.78. The van der Waals surface area contributed by atoms with Gasteiger partial charge in [-0.05, 0) is 31.4 Å². The number of nitrogens with zero attached hydrogens (tertiary/aromatic N) is 1. The lowest BCUT2D eigenvalue weighted by atomic mass is 9.89. The van der Waals surface area contributed by atoms with Crippen molar-refractivity contribution >= 4 is 0 Å². The fourth-order valence-electron chi connectivity index (χ4n) is 1.43. The molecule has 0 radical (unpaired) electrons. The first-order chi connectivity index (χ1) is 6.96. The Bertz CT molecular complexity index is 379. The van der Waals surface area contributed by atoms with Gasteiger partial charge in [0.25, 0.3) is 5.56 Å². The van der Waals surface area contributed by atoms with Crippen molar-refractivity contribution < 1.29 is 0 Å². The first-order valence-corrected chi connectivity index (χ1v) is 5.33. The summed E-state index contributed by atoms with van der Waals surface area (Å²) in [4.78, 5) is 11.6. The van der Waals surface area contributed by atoms with Crippen LogP contribution in [0.4, 0.5) is 0 Å². The van der Waals surface area contributed by atoms with Gasteiger partial charge in [0.05, 0.1) is 0 Å². The third kappa shape index (κ3) is 3.20. The molecule has 0 fully saturated rings. The second kappa shape index (κ2) is 4.62. The molecule has 0 aromatic carbocycles. The molecule has 0 saturated heterocycles. The van der Waals surface area contributed by atoms with Gasteiger partial charge in [0.1, 0.15) is 0 Å². The van der Waals surface area contributed by atoms with Crippen LogP contribution >= 0.6 is 0 Å². The monoisotopic (exact) mass is 208 g/mol. The Morgan fingerprint density at radius 1 is 1.40 bits per heavy atom. The first-order valence-electron chi connectivity index (χ1n) is 5.33. The largest absolute Gasteiger partial charge is 0.330 e. The molecule has 0 aliphatic carbocycles. The van der Waals surface area contributed by atoms with Crippen molar-refractivity contribution in [3.05, 3.63) is 34.2 Å². The van der Waals surface area contributed by atoms with Crippen LogP contribution in [0.2, 0.25) is 0 Å². The van der Waals surface area contributed by atoms with Gasteiger partial charge in [-0.3, -0.25) is 4.79 Å². The van der Waals surface area contributed by atoms with Crippen molar-refractivity contribution in [2.24, 2.45) is 11.1 Å². The second-order valence-corrected chi connectivity index (χ2v) is 4.78. The third-order valence-electron chi connectivity index (χ3n) is 2.83. The highest BCUT2D eigenvalue weighted by Crippen LogP contribution is 2.18. The van der Waals surface area contributed by atoms with Crippen molar-refractivity contribution in [2.45, 2.75) is 33.7 Å². The summed E-state index contributed by atoms with van der Waals surface area (Å²) in [7, 11) is 0. The Hall–Kier alpha value is -1.09. The summed E-state index contributed by atoms with van der Waals surface area (Å²) in [6, 6.07) is 5.35. The maximum atomic E-state index is 11.6. The van der Waals surface area contributed by atoms with E-state index in [0.29, 0.717) is 6.54 Å². The van der Waals surface area contributed by atoms with Gasteiger partial charge in [-0.1, -0.05) is 19.9 Å². The summed E-state index contributed by atoms with van der Waals surface area (Å²) in [6.07, 6.45) is 0.925. The Kier molecular flexibility index (Phi) is 3.69.